The molecule has 10 heteroatoms. The van der Waals surface area contributed by atoms with Gasteiger partial charge in [0.2, 0.25) is 0 Å². The molecule has 4 rings (SSSR count). The molecule has 0 unspecified atom stereocenters. The van der Waals surface area contributed by atoms with E-state index in [1.807, 2.05) is 0 Å². The van der Waals surface area contributed by atoms with Gasteiger partial charge in [-0.15, -0.1) is 11.3 Å². The van der Waals surface area contributed by atoms with Crippen molar-refractivity contribution in [3.05, 3.63) is 71.1 Å². The number of halogens is 2. The Morgan fingerprint density at radius 2 is 1.63 bits per heavy atom. The number of amides is 1. The lowest BCUT2D eigenvalue weighted by Crippen LogP contribution is -2.50. The number of aromatic nitrogens is 1. The van der Waals surface area contributed by atoms with E-state index in [0.29, 0.717) is 15.6 Å². The van der Waals surface area contributed by atoms with Crippen LogP contribution in [0.5, 0.6) is 0 Å². The van der Waals surface area contributed by atoms with Crippen molar-refractivity contribution in [3.8, 4) is 10.6 Å². The van der Waals surface area contributed by atoms with E-state index in [0.717, 1.165) is 16.9 Å². The first-order valence-electron chi connectivity index (χ1n) is 9.11. The van der Waals surface area contributed by atoms with Gasteiger partial charge in [0.25, 0.3) is 15.9 Å². The summed E-state index contributed by atoms with van der Waals surface area (Å²) in [7, 11) is -3.70. The minimum atomic E-state index is -3.70. The van der Waals surface area contributed by atoms with Crippen molar-refractivity contribution in [1.29, 1.82) is 0 Å². The fourth-order valence-corrected chi connectivity index (χ4v) is 5.98. The van der Waals surface area contributed by atoms with Crippen molar-refractivity contribution >= 4 is 38.9 Å². The number of thiazole rings is 1. The molecule has 2 heterocycles. The molecule has 0 N–H and O–H groups in total. The normalized spacial score (nSPS) is 15.3. The molecule has 156 valence electrons. The third-order valence-electron chi connectivity index (χ3n) is 4.79. The van der Waals surface area contributed by atoms with E-state index in [2.05, 4.69) is 4.98 Å². The summed E-state index contributed by atoms with van der Waals surface area (Å²) in [6.45, 7) is 0.892. The first kappa shape index (κ1) is 20.9. The van der Waals surface area contributed by atoms with E-state index >= 15 is 0 Å². The van der Waals surface area contributed by atoms with Crippen molar-refractivity contribution in [2.24, 2.45) is 0 Å². The summed E-state index contributed by atoms with van der Waals surface area (Å²) in [5, 5.41) is 1.19. The molecule has 0 spiro atoms. The van der Waals surface area contributed by atoms with Gasteiger partial charge in [0.05, 0.1) is 6.20 Å². The van der Waals surface area contributed by atoms with Crippen molar-refractivity contribution in [2.45, 2.75) is 4.21 Å². The second-order valence-electron chi connectivity index (χ2n) is 6.69. The van der Waals surface area contributed by atoms with Gasteiger partial charge >= 0.3 is 0 Å². The van der Waals surface area contributed by atoms with Crippen molar-refractivity contribution < 1.29 is 17.6 Å². The Morgan fingerprint density at radius 1 is 1.00 bits per heavy atom. The standard InChI is InChI=1S/C20H17ClFN3O3S2/c21-16-5-1-14(2-6-16)19-23-13-18(29-19)30(27,28)25-11-9-24(10-12-25)20(26)15-3-7-17(22)8-4-15/h1-8,13H,9-12H2. The number of nitrogens with zero attached hydrogens (tertiary/aromatic N) is 3. The molecular weight excluding hydrogens is 449 g/mol. The van der Waals surface area contributed by atoms with Gasteiger partial charge in [-0.3, -0.25) is 4.79 Å². The summed E-state index contributed by atoms with van der Waals surface area (Å²) in [6.07, 6.45) is 1.36. The van der Waals surface area contributed by atoms with Gasteiger partial charge < -0.3 is 4.90 Å². The van der Waals surface area contributed by atoms with E-state index in [9.17, 15) is 17.6 Å². The van der Waals surface area contributed by atoms with Gasteiger partial charge in [0.1, 0.15) is 10.8 Å². The molecule has 2 aromatic carbocycles. The van der Waals surface area contributed by atoms with Crippen molar-refractivity contribution in [1.82, 2.24) is 14.2 Å². The van der Waals surface area contributed by atoms with Crippen LogP contribution in [0.1, 0.15) is 10.4 Å². The summed E-state index contributed by atoms with van der Waals surface area (Å²) < 4.78 is 40.6. The molecule has 0 bridgehead atoms. The number of hydrogen-bond acceptors (Lipinski definition) is 5. The number of hydrogen-bond donors (Lipinski definition) is 0. The highest BCUT2D eigenvalue weighted by Gasteiger charge is 2.32. The van der Waals surface area contributed by atoms with Crippen LogP contribution in [0, 0.1) is 5.82 Å². The van der Waals surface area contributed by atoms with Crippen LogP contribution < -0.4 is 0 Å². The Kier molecular flexibility index (Phi) is 5.88. The van der Waals surface area contributed by atoms with Crippen LogP contribution in [0.2, 0.25) is 5.02 Å². The Balaban J connectivity index is 1.44. The fraction of sp³-hybridized carbons (Fsp3) is 0.200. The molecule has 1 amide bonds. The highest BCUT2D eigenvalue weighted by Crippen LogP contribution is 2.30. The SMILES string of the molecule is O=C(c1ccc(F)cc1)N1CCN(S(=O)(=O)c2cnc(-c3ccc(Cl)cc3)s2)CC1. The summed E-state index contributed by atoms with van der Waals surface area (Å²) in [5.41, 5.74) is 1.17. The van der Waals surface area contributed by atoms with Gasteiger partial charge in [0, 0.05) is 42.3 Å². The first-order chi connectivity index (χ1) is 14.3. The molecule has 0 saturated carbocycles. The lowest BCUT2D eigenvalue weighted by atomic mass is 10.2. The molecule has 1 saturated heterocycles. The lowest BCUT2D eigenvalue weighted by molar-refractivity contribution is 0.0698. The Morgan fingerprint density at radius 3 is 2.27 bits per heavy atom. The summed E-state index contributed by atoms with van der Waals surface area (Å²) in [6, 6.07) is 12.3. The van der Waals surface area contributed by atoms with Crippen molar-refractivity contribution in [2.75, 3.05) is 26.2 Å². The molecule has 30 heavy (non-hydrogen) atoms. The molecule has 0 atom stereocenters. The maximum atomic E-state index is 13.1. The summed E-state index contributed by atoms with van der Waals surface area (Å²) in [5.74, 6) is -0.653. The largest absolute Gasteiger partial charge is 0.336 e. The average molecular weight is 466 g/mol. The second-order valence-corrected chi connectivity index (χ2v) is 10.3. The van der Waals surface area contributed by atoms with Crippen LogP contribution in [0.25, 0.3) is 10.6 Å². The predicted octanol–water partition coefficient (Wildman–Crippen LogP) is 3.75. The molecule has 1 aliphatic heterocycles. The first-order valence-corrected chi connectivity index (χ1v) is 11.7. The van der Waals surface area contributed by atoms with E-state index in [1.54, 1.807) is 29.2 Å². The lowest BCUT2D eigenvalue weighted by Gasteiger charge is -2.33. The highest BCUT2D eigenvalue weighted by atomic mass is 35.5. The molecule has 3 aromatic rings. The topological polar surface area (TPSA) is 70.6 Å². The molecule has 0 radical (unpaired) electrons. The maximum absolute atomic E-state index is 13.1. The fourth-order valence-electron chi connectivity index (χ4n) is 3.14. The second kappa shape index (κ2) is 8.43. The predicted molar refractivity (Wildman–Crippen MR) is 114 cm³/mol. The zero-order valence-corrected chi connectivity index (χ0v) is 18.1. The summed E-state index contributed by atoms with van der Waals surface area (Å²) in [4.78, 5) is 18.4. The quantitative estimate of drug-likeness (QED) is 0.588. The van der Waals surface area contributed by atoms with Crippen LogP contribution in [-0.4, -0.2) is 54.7 Å². The summed E-state index contributed by atoms with van der Waals surface area (Å²) >= 11 is 6.99. The van der Waals surface area contributed by atoms with E-state index in [4.69, 9.17) is 11.6 Å². The number of sulfonamides is 1. The monoisotopic (exact) mass is 465 g/mol. The van der Waals surface area contributed by atoms with Crippen LogP contribution in [0.3, 0.4) is 0 Å². The van der Waals surface area contributed by atoms with Crippen LogP contribution in [0.15, 0.2) is 58.9 Å². The third-order valence-corrected chi connectivity index (χ3v) is 8.42. The molecule has 1 aliphatic rings. The highest BCUT2D eigenvalue weighted by molar-refractivity contribution is 7.91. The minimum Gasteiger partial charge on any atom is -0.336 e. The number of benzene rings is 2. The Bertz CT molecular complexity index is 1160. The van der Waals surface area contributed by atoms with Crippen molar-refractivity contribution in [3.63, 3.8) is 0 Å². The molecule has 6 nitrogen and oxygen atoms in total. The van der Waals surface area contributed by atoms with Gasteiger partial charge in [-0.05, 0) is 36.4 Å². The Hall–Kier alpha value is -2.33. The molecule has 1 aromatic heterocycles. The number of rotatable bonds is 4. The third kappa shape index (κ3) is 4.24. The van der Waals surface area contributed by atoms with E-state index in [1.165, 1.54) is 34.8 Å². The van der Waals surface area contributed by atoms with Crippen LogP contribution in [0.4, 0.5) is 4.39 Å². The molecule has 1 fully saturated rings. The van der Waals surface area contributed by atoms with Gasteiger partial charge in [-0.1, -0.05) is 23.7 Å². The average Bonchev–Trinajstić information content (AvgIpc) is 3.26. The van der Waals surface area contributed by atoms with Crippen LogP contribution in [-0.2, 0) is 10.0 Å². The zero-order chi connectivity index (χ0) is 21.3. The van der Waals surface area contributed by atoms with Gasteiger partial charge in [-0.2, -0.15) is 4.31 Å². The Labute approximate surface area is 182 Å². The minimum absolute atomic E-state index is 0.158. The maximum Gasteiger partial charge on any atom is 0.254 e. The van der Waals surface area contributed by atoms with Crippen LogP contribution >= 0.6 is 22.9 Å². The number of carbonyl (C=O) groups is 1. The van der Waals surface area contributed by atoms with Gasteiger partial charge in [-0.25, -0.2) is 17.8 Å². The number of piperazine rings is 1. The zero-order valence-electron chi connectivity index (χ0n) is 15.7. The van der Waals surface area contributed by atoms with E-state index in [-0.39, 0.29) is 36.3 Å². The molecule has 0 aliphatic carbocycles. The van der Waals surface area contributed by atoms with Gasteiger partial charge in [0.15, 0.2) is 4.21 Å². The molecular formula is C20H17ClFN3O3S2. The number of carbonyl (C=O) groups excluding carboxylic acids is 1. The smallest absolute Gasteiger partial charge is 0.254 e. The van der Waals surface area contributed by atoms with E-state index < -0.39 is 15.8 Å².